The first-order chi connectivity index (χ1) is 9.24. The number of benzene rings is 2. The number of nitrogens with zero attached hydrogens (tertiary/aromatic N) is 2. The summed E-state index contributed by atoms with van der Waals surface area (Å²) >= 11 is 0. The van der Waals surface area contributed by atoms with Gasteiger partial charge in [-0.1, -0.05) is 24.3 Å². The van der Waals surface area contributed by atoms with Crippen molar-refractivity contribution in [3.05, 3.63) is 54.1 Å². The Kier molecular flexibility index (Phi) is 3.05. The average Bonchev–Trinajstić information content (AvgIpc) is 2.55. The zero-order valence-electron chi connectivity index (χ0n) is 11.1. The van der Waals surface area contributed by atoms with Gasteiger partial charge < -0.3 is 9.64 Å². The van der Waals surface area contributed by atoms with E-state index in [4.69, 9.17) is 9.73 Å². The lowest BCUT2D eigenvalue weighted by atomic mass is 10.1. The van der Waals surface area contributed by atoms with Crippen LogP contribution >= 0.6 is 0 Å². The molecule has 19 heavy (non-hydrogen) atoms. The summed E-state index contributed by atoms with van der Waals surface area (Å²) in [6.45, 7) is 0.786. The lowest BCUT2D eigenvalue weighted by Gasteiger charge is -2.13. The summed E-state index contributed by atoms with van der Waals surface area (Å²) in [5.41, 5.74) is 2.98. The third-order valence-electron chi connectivity index (χ3n) is 3.00. The van der Waals surface area contributed by atoms with Crippen molar-refractivity contribution in [2.75, 3.05) is 20.6 Å². The highest BCUT2D eigenvalue weighted by Crippen LogP contribution is 2.37. The number of aliphatic imine (C=N–C) groups is 1. The van der Waals surface area contributed by atoms with Gasteiger partial charge in [0.25, 0.3) is 0 Å². The molecule has 1 aliphatic rings. The highest BCUT2D eigenvalue weighted by atomic mass is 16.5. The van der Waals surface area contributed by atoms with Crippen LogP contribution in [0.2, 0.25) is 0 Å². The number of rotatable bonds is 2. The first-order valence-corrected chi connectivity index (χ1v) is 6.32. The summed E-state index contributed by atoms with van der Waals surface area (Å²) in [4.78, 5) is 6.89. The van der Waals surface area contributed by atoms with Gasteiger partial charge in [-0.3, -0.25) is 0 Å². The number of ether oxygens (including phenoxy) is 1. The molecule has 1 heterocycles. The molecule has 0 saturated carbocycles. The molecular weight excluding hydrogens is 236 g/mol. The summed E-state index contributed by atoms with van der Waals surface area (Å²) in [6.07, 6.45) is 0. The van der Waals surface area contributed by atoms with Crippen molar-refractivity contribution in [3.63, 3.8) is 0 Å². The molecule has 0 atom stereocenters. The molecular formula is C16H16N2O. The summed E-state index contributed by atoms with van der Waals surface area (Å²) in [6, 6.07) is 15.9. The van der Waals surface area contributed by atoms with Crippen LogP contribution in [-0.2, 0) is 0 Å². The highest BCUT2D eigenvalue weighted by Gasteiger charge is 2.17. The average molecular weight is 252 g/mol. The maximum absolute atomic E-state index is 5.98. The van der Waals surface area contributed by atoms with Crippen LogP contribution in [0.5, 0.6) is 11.5 Å². The minimum atomic E-state index is 0.786. The van der Waals surface area contributed by atoms with Crippen molar-refractivity contribution in [1.29, 1.82) is 0 Å². The third-order valence-corrected chi connectivity index (χ3v) is 3.00. The van der Waals surface area contributed by atoms with E-state index in [1.54, 1.807) is 0 Å². The molecule has 0 saturated heterocycles. The van der Waals surface area contributed by atoms with Gasteiger partial charge in [-0.15, -0.1) is 0 Å². The predicted octanol–water partition coefficient (Wildman–Crippen LogP) is 3.47. The Morgan fingerprint density at radius 3 is 2.42 bits per heavy atom. The van der Waals surface area contributed by atoms with Crippen molar-refractivity contribution in [2.45, 2.75) is 0 Å². The first kappa shape index (κ1) is 11.9. The number of hydrogen-bond acceptors (Lipinski definition) is 3. The van der Waals surface area contributed by atoms with Gasteiger partial charge in [0.15, 0.2) is 5.75 Å². The molecule has 3 heteroatoms. The molecule has 0 radical (unpaired) electrons. The maximum atomic E-state index is 5.98. The van der Waals surface area contributed by atoms with Crippen molar-refractivity contribution in [2.24, 2.45) is 4.99 Å². The van der Waals surface area contributed by atoms with E-state index >= 15 is 0 Å². The Morgan fingerprint density at radius 1 is 0.947 bits per heavy atom. The van der Waals surface area contributed by atoms with Crippen LogP contribution < -0.4 is 4.74 Å². The van der Waals surface area contributed by atoms with Crippen LogP contribution in [0.25, 0.3) is 0 Å². The number of para-hydroxylation sites is 3. The van der Waals surface area contributed by atoms with E-state index in [1.165, 1.54) is 0 Å². The van der Waals surface area contributed by atoms with E-state index in [9.17, 15) is 0 Å². The van der Waals surface area contributed by atoms with Gasteiger partial charge in [0.1, 0.15) is 11.4 Å². The van der Waals surface area contributed by atoms with Crippen LogP contribution in [0.1, 0.15) is 5.56 Å². The van der Waals surface area contributed by atoms with Crippen molar-refractivity contribution in [1.82, 2.24) is 4.90 Å². The Labute approximate surface area is 113 Å². The van der Waals surface area contributed by atoms with Gasteiger partial charge in [0.05, 0.1) is 5.71 Å². The van der Waals surface area contributed by atoms with Gasteiger partial charge in [-0.2, -0.15) is 0 Å². The van der Waals surface area contributed by atoms with Crippen molar-refractivity contribution in [3.8, 4) is 11.5 Å². The topological polar surface area (TPSA) is 24.8 Å². The molecule has 3 nitrogen and oxygen atoms in total. The molecule has 2 aromatic carbocycles. The van der Waals surface area contributed by atoms with Crippen LogP contribution in [-0.4, -0.2) is 31.3 Å². The Balaban J connectivity index is 2.17. The van der Waals surface area contributed by atoms with Crippen LogP contribution in [0, 0.1) is 0 Å². The zero-order valence-corrected chi connectivity index (χ0v) is 11.1. The molecule has 0 bridgehead atoms. The first-order valence-electron chi connectivity index (χ1n) is 6.32. The van der Waals surface area contributed by atoms with Gasteiger partial charge in [0.2, 0.25) is 0 Å². The lowest BCUT2D eigenvalue weighted by molar-refractivity contribution is 0.468. The van der Waals surface area contributed by atoms with Crippen LogP contribution in [0.4, 0.5) is 5.69 Å². The second-order valence-electron chi connectivity index (χ2n) is 4.86. The fourth-order valence-electron chi connectivity index (χ4n) is 2.17. The van der Waals surface area contributed by atoms with E-state index in [0.29, 0.717) is 0 Å². The maximum Gasteiger partial charge on any atom is 0.153 e. The lowest BCUT2D eigenvalue weighted by Crippen LogP contribution is -2.22. The summed E-state index contributed by atoms with van der Waals surface area (Å²) in [7, 11) is 4.09. The molecule has 0 fully saturated rings. The van der Waals surface area contributed by atoms with Crippen molar-refractivity contribution < 1.29 is 4.74 Å². The Hall–Kier alpha value is -2.13. The van der Waals surface area contributed by atoms with Gasteiger partial charge in [-0.05, 0) is 38.4 Å². The molecule has 0 amide bonds. The smallest absolute Gasteiger partial charge is 0.153 e. The number of hydrogen-bond donors (Lipinski definition) is 0. The quantitative estimate of drug-likeness (QED) is 0.817. The van der Waals surface area contributed by atoms with E-state index in [2.05, 4.69) is 11.0 Å². The van der Waals surface area contributed by atoms with E-state index in [-0.39, 0.29) is 0 Å². The summed E-state index contributed by atoms with van der Waals surface area (Å²) in [5, 5.41) is 0. The Bertz CT molecular complexity index is 632. The minimum Gasteiger partial charge on any atom is -0.454 e. The normalized spacial score (nSPS) is 13.1. The van der Waals surface area contributed by atoms with Crippen LogP contribution in [0.3, 0.4) is 0 Å². The largest absolute Gasteiger partial charge is 0.454 e. The standard InChI is InChI=1S/C16H16N2O/c1-18(2)11-14-12-7-3-5-9-15(12)19-16-10-6-4-8-13(16)17-14/h3-10H,11H2,1-2H3. The van der Waals surface area contributed by atoms with Gasteiger partial charge in [0, 0.05) is 12.1 Å². The van der Waals surface area contributed by atoms with E-state index in [1.807, 2.05) is 56.6 Å². The fourth-order valence-corrected chi connectivity index (χ4v) is 2.17. The summed E-state index contributed by atoms with van der Waals surface area (Å²) in [5.74, 6) is 1.68. The van der Waals surface area contributed by atoms with E-state index < -0.39 is 0 Å². The summed E-state index contributed by atoms with van der Waals surface area (Å²) < 4.78 is 5.98. The van der Waals surface area contributed by atoms with Gasteiger partial charge >= 0.3 is 0 Å². The third kappa shape index (κ3) is 2.37. The second kappa shape index (κ2) is 4.86. The monoisotopic (exact) mass is 252 g/mol. The minimum absolute atomic E-state index is 0.786. The molecule has 96 valence electrons. The molecule has 0 unspecified atom stereocenters. The molecule has 0 aliphatic carbocycles. The zero-order chi connectivity index (χ0) is 13.2. The highest BCUT2D eigenvalue weighted by molar-refractivity contribution is 6.06. The van der Waals surface area contributed by atoms with Gasteiger partial charge in [-0.25, -0.2) is 4.99 Å². The van der Waals surface area contributed by atoms with Crippen LogP contribution in [0.15, 0.2) is 53.5 Å². The predicted molar refractivity (Wildman–Crippen MR) is 77.7 cm³/mol. The number of fused-ring (bicyclic) bond motifs is 2. The molecule has 0 N–H and O–H groups in total. The van der Waals surface area contributed by atoms with E-state index in [0.717, 1.165) is 35.0 Å². The fraction of sp³-hybridized carbons (Fsp3) is 0.188. The second-order valence-corrected chi connectivity index (χ2v) is 4.86. The van der Waals surface area contributed by atoms with Crippen molar-refractivity contribution >= 4 is 11.4 Å². The Morgan fingerprint density at radius 2 is 1.63 bits per heavy atom. The number of likely N-dealkylation sites (N-methyl/N-ethyl adjacent to an activating group) is 1. The SMILES string of the molecule is CN(C)CC1=Nc2ccccc2Oc2ccccc21. The molecule has 2 aromatic rings. The molecule has 0 aromatic heterocycles. The molecule has 0 spiro atoms. The molecule has 3 rings (SSSR count). The molecule has 1 aliphatic heterocycles.